The lowest BCUT2D eigenvalue weighted by atomic mass is 10.1. The summed E-state index contributed by atoms with van der Waals surface area (Å²) in [4.78, 5) is 13.2. The number of aliphatic hydroxyl groups is 1. The van der Waals surface area contributed by atoms with E-state index < -0.39 is 0 Å². The Hall–Kier alpha value is -0.610. The number of aliphatic hydroxyl groups excluding tert-OH is 1. The molecule has 0 spiro atoms. The summed E-state index contributed by atoms with van der Waals surface area (Å²) in [5, 5.41) is 11.8. The van der Waals surface area contributed by atoms with Gasteiger partial charge in [0, 0.05) is 25.0 Å². The van der Waals surface area contributed by atoms with Crippen LogP contribution in [-0.4, -0.2) is 48.2 Å². The number of hydrogen-bond donors (Lipinski definition) is 2. The predicted molar refractivity (Wildman–Crippen MR) is 57.1 cm³/mol. The molecule has 0 fully saturated rings. The molecule has 4 nitrogen and oxygen atoms in total. The molecule has 0 atom stereocenters. The molecule has 0 aliphatic rings. The molecule has 0 aromatic carbocycles. The van der Waals surface area contributed by atoms with Crippen LogP contribution in [0.15, 0.2) is 0 Å². The highest BCUT2D eigenvalue weighted by Crippen LogP contribution is 2.10. The first-order valence-corrected chi connectivity index (χ1v) is 5.03. The van der Waals surface area contributed by atoms with Gasteiger partial charge in [-0.25, -0.2) is 0 Å². The van der Waals surface area contributed by atoms with Crippen LogP contribution in [0, 0.1) is 0 Å². The second-order valence-corrected chi connectivity index (χ2v) is 4.10. The van der Waals surface area contributed by atoms with E-state index in [1.54, 1.807) is 0 Å². The number of carbonyl (C=O) groups is 1. The van der Waals surface area contributed by atoms with Crippen molar-refractivity contribution in [3.05, 3.63) is 0 Å². The van der Waals surface area contributed by atoms with Crippen molar-refractivity contribution < 1.29 is 9.90 Å². The zero-order valence-corrected chi connectivity index (χ0v) is 9.63. The second-order valence-electron chi connectivity index (χ2n) is 4.10. The van der Waals surface area contributed by atoms with Gasteiger partial charge in [-0.3, -0.25) is 9.69 Å². The van der Waals surface area contributed by atoms with Crippen molar-refractivity contribution in [3.63, 3.8) is 0 Å². The van der Waals surface area contributed by atoms with Crippen molar-refractivity contribution in [1.82, 2.24) is 10.2 Å². The number of hydrogen-bond acceptors (Lipinski definition) is 3. The van der Waals surface area contributed by atoms with Crippen LogP contribution in [0.3, 0.4) is 0 Å². The lowest BCUT2D eigenvalue weighted by Crippen LogP contribution is -2.45. The van der Waals surface area contributed by atoms with Gasteiger partial charge in [0.2, 0.25) is 5.91 Å². The SMILES string of the molecule is CCNC(=O)CCN(C)C(C)(C)CO. The number of likely N-dealkylation sites (N-methyl/N-ethyl adjacent to an activating group) is 1. The van der Waals surface area contributed by atoms with Gasteiger partial charge in [0.05, 0.1) is 6.61 Å². The van der Waals surface area contributed by atoms with Crippen molar-refractivity contribution >= 4 is 5.91 Å². The van der Waals surface area contributed by atoms with Gasteiger partial charge >= 0.3 is 0 Å². The molecule has 0 aliphatic heterocycles. The van der Waals surface area contributed by atoms with Crippen LogP contribution < -0.4 is 5.32 Å². The average molecular weight is 202 g/mol. The van der Waals surface area contributed by atoms with Crippen LogP contribution in [0.2, 0.25) is 0 Å². The monoisotopic (exact) mass is 202 g/mol. The summed E-state index contributed by atoms with van der Waals surface area (Å²) in [7, 11) is 1.91. The minimum Gasteiger partial charge on any atom is -0.394 e. The molecule has 14 heavy (non-hydrogen) atoms. The Bertz CT molecular complexity index is 181. The van der Waals surface area contributed by atoms with Gasteiger partial charge in [0.1, 0.15) is 0 Å². The van der Waals surface area contributed by atoms with E-state index in [1.165, 1.54) is 0 Å². The molecule has 0 aromatic heterocycles. The maximum atomic E-state index is 11.2. The molecule has 0 unspecified atom stereocenters. The van der Waals surface area contributed by atoms with Gasteiger partial charge in [-0.2, -0.15) is 0 Å². The minimum atomic E-state index is -0.257. The summed E-state index contributed by atoms with van der Waals surface area (Å²) < 4.78 is 0. The van der Waals surface area contributed by atoms with E-state index in [0.29, 0.717) is 19.5 Å². The van der Waals surface area contributed by atoms with Crippen LogP contribution in [-0.2, 0) is 4.79 Å². The van der Waals surface area contributed by atoms with Crippen molar-refractivity contribution in [2.45, 2.75) is 32.7 Å². The number of carbonyl (C=O) groups excluding carboxylic acids is 1. The van der Waals surface area contributed by atoms with E-state index >= 15 is 0 Å². The Balaban J connectivity index is 3.84. The summed E-state index contributed by atoms with van der Waals surface area (Å²) in [6.07, 6.45) is 0.480. The fraction of sp³-hybridized carbons (Fsp3) is 0.900. The molecule has 0 rings (SSSR count). The molecule has 0 aliphatic carbocycles. The Kier molecular flexibility index (Phi) is 5.72. The number of nitrogens with zero attached hydrogens (tertiary/aromatic N) is 1. The highest BCUT2D eigenvalue weighted by atomic mass is 16.3. The van der Waals surface area contributed by atoms with E-state index in [1.807, 2.05) is 32.7 Å². The Labute approximate surface area is 86.3 Å². The highest BCUT2D eigenvalue weighted by Gasteiger charge is 2.22. The molecule has 2 N–H and O–H groups in total. The van der Waals surface area contributed by atoms with Crippen molar-refractivity contribution in [2.75, 3.05) is 26.7 Å². The Morgan fingerprint density at radius 2 is 2.07 bits per heavy atom. The Morgan fingerprint density at radius 1 is 1.50 bits per heavy atom. The summed E-state index contributed by atoms with van der Waals surface area (Å²) in [6, 6.07) is 0. The van der Waals surface area contributed by atoms with E-state index in [-0.39, 0.29) is 18.1 Å². The van der Waals surface area contributed by atoms with E-state index in [9.17, 15) is 4.79 Å². The van der Waals surface area contributed by atoms with Crippen molar-refractivity contribution in [2.24, 2.45) is 0 Å². The number of rotatable bonds is 6. The lowest BCUT2D eigenvalue weighted by molar-refractivity contribution is -0.121. The Morgan fingerprint density at radius 3 is 2.50 bits per heavy atom. The molecular weight excluding hydrogens is 180 g/mol. The van der Waals surface area contributed by atoms with E-state index in [2.05, 4.69) is 5.32 Å². The maximum absolute atomic E-state index is 11.2. The van der Waals surface area contributed by atoms with Crippen LogP contribution in [0.4, 0.5) is 0 Å². The molecule has 0 saturated heterocycles. The molecular formula is C10H22N2O2. The molecule has 0 saturated carbocycles. The van der Waals surface area contributed by atoms with Gasteiger partial charge in [-0.1, -0.05) is 0 Å². The number of nitrogens with one attached hydrogen (secondary N) is 1. The zero-order valence-electron chi connectivity index (χ0n) is 9.63. The lowest BCUT2D eigenvalue weighted by Gasteiger charge is -2.33. The fourth-order valence-corrected chi connectivity index (χ4v) is 0.978. The van der Waals surface area contributed by atoms with Crippen LogP contribution in [0.1, 0.15) is 27.2 Å². The molecule has 0 heterocycles. The van der Waals surface area contributed by atoms with Gasteiger partial charge in [0.15, 0.2) is 0 Å². The third-order valence-corrected chi connectivity index (χ3v) is 2.47. The van der Waals surface area contributed by atoms with Crippen LogP contribution in [0.25, 0.3) is 0 Å². The molecule has 84 valence electrons. The molecule has 0 radical (unpaired) electrons. The predicted octanol–water partition coefficient (Wildman–Crippen LogP) is 0.215. The summed E-state index contributed by atoms with van der Waals surface area (Å²) in [6.45, 7) is 7.24. The van der Waals surface area contributed by atoms with E-state index in [0.717, 1.165) is 0 Å². The summed E-state index contributed by atoms with van der Waals surface area (Å²) >= 11 is 0. The van der Waals surface area contributed by atoms with Crippen molar-refractivity contribution in [3.8, 4) is 0 Å². The smallest absolute Gasteiger partial charge is 0.221 e. The third-order valence-electron chi connectivity index (χ3n) is 2.47. The first-order chi connectivity index (χ1) is 6.44. The van der Waals surface area contributed by atoms with Gasteiger partial charge in [0.25, 0.3) is 0 Å². The topological polar surface area (TPSA) is 52.6 Å². The second kappa shape index (κ2) is 5.98. The number of amides is 1. The third kappa shape index (κ3) is 4.58. The average Bonchev–Trinajstić information content (AvgIpc) is 2.14. The largest absolute Gasteiger partial charge is 0.394 e. The van der Waals surface area contributed by atoms with Gasteiger partial charge in [-0.05, 0) is 27.8 Å². The maximum Gasteiger partial charge on any atom is 0.221 e. The molecule has 1 amide bonds. The summed E-state index contributed by atoms with van der Waals surface area (Å²) in [5.74, 6) is 0.0630. The quantitative estimate of drug-likeness (QED) is 0.647. The normalized spacial score (nSPS) is 11.9. The fourth-order valence-electron chi connectivity index (χ4n) is 0.978. The standard InChI is InChI=1S/C10H22N2O2/c1-5-11-9(14)6-7-12(4)10(2,3)8-13/h13H,5-8H2,1-4H3,(H,11,14). The highest BCUT2D eigenvalue weighted by molar-refractivity contribution is 5.75. The summed E-state index contributed by atoms with van der Waals surface area (Å²) in [5.41, 5.74) is -0.257. The first kappa shape index (κ1) is 13.4. The van der Waals surface area contributed by atoms with Gasteiger partial charge < -0.3 is 10.4 Å². The minimum absolute atomic E-state index is 0.0630. The van der Waals surface area contributed by atoms with Crippen LogP contribution in [0.5, 0.6) is 0 Å². The van der Waals surface area contributed by atoms with Crippen molar-refractivity contribution in [1.29, 1.82) is 0 Å². The molecule has 0 bridgehead atoms. The van der Waals surface area contributed by atoms with Gasteiger partial charge in [-0.15, -0.1) is 0 Å². The first-order valence-electron chi connectivity index (χ1n) is 5.03. The zero-order chi connectivity index (χ0) is 11.2. The van der Waals surface area contributed by atoms with Crippen LogP contribution >= 0.6 is 0 Å². The molecule has 0 aromatic rings. The molecule has 4 heteroatoms. The van der Waals surface area contributed by atoms with E-state index in [4.69, 9.17) is 5.11 Å².